The van der Waals surface area contributed by atoms with Gasteiger partial charge in [-0.15, -0.1) is 0 Å². The van der Waals surface area contributed by atoms with Gasteiger partial charge < -0.3 is 22.1 Å². The van der Waals surface area contributed by atoms with E-state index in [0.717, 1.165) is 12.8 Å². The summed E-state index contributed by atoms with van der Waals surface area (Å²) >= 11 is 0. The molecule has 6 N–H and O–H groups in total. The summed E-state index contributed by atoms with van der Waals surface area (Å²) in [5, 5.41) is 0. The monoisotopic (exact) mass is 265 g/mol. The summed E-state index contributed by atoms with van der Waals surface area (Å²) in [4.78, 5) is 14.4. The van der Waals surface area contributed by atoms with Crippen LogP contribution in [0.3, 0.4) is 0 Å². The van der Waals surface area contributed by atoms with Crippen molar-refractivity contribution in [3.63, 3.8) is 0 Å². The topological polar surface area (TPSA) is 120 Å². The number of aromatic nitrogens is 3. The molecule has 1 aliphatic rings. The van der Waals surface area contributed by atoms with Crippen LogP contribution >= 0.6 is 0 Å². The minimum atomic E-state index is -0.165. The molecule has 0 spiro atoms. The van der Waals surface area contributed by atoms with Crippen molar-refractivity contribution in [2.45, 2.75) is 57.7 Å². The maximum absolute atomic E-state index is 6.16. The molecule has 7 nitrogen and oxygen atoms in total. The highest BCUT2D eigenvalue weighted by Gasteiger charge is 2.45. The second-order valence-corrected chi connectivity index (χ2v) is 6.48. The molecule has 2 heterocycles. The lowest BCUT2D eigenvalue weighted by atomic mass is 9.77. The highest BCUT2D eigenvalue weighted by molar-refractivity contribution is 5.45. The van der Waals surface area contributed by atoms with Crippen LogP contribution in [-0.4, -0.2) is 32.1 Å². The van der Waals surface area contributed by atoms with Crippen molar-refractivity contribution >= 4 is 17.8 Å². The van der Waals surface area contributed by atoms with Crippen LogP contribution in [0.5, 0.6) is 0 Å². The number of hydrogen-bond acceptors (Lipinski definition) is 7. The fraction of sp³-hybridized carbons (Fsp3) is 0.750. The van der Waals surface area contributed by atoms with Gasteiger partial charge in [0, 0.05) is 17.1 Å². The number of rotatable bonds is 1. The lowest BCUT2D eigenvalue weighted by Gasteiger charge is -2.54. The first-order valence-electron chi connectivity index (χ1n) is 6.45. The zero-order valence-corrected chi connectivity index (χ0v) is 12.0. The minimum absolute atomic E-state index is 0.143. The van der Waals surface area contributed by atoms with E-state index in [0.29, 0.717) is 5.95 Å². The Morgan fingerprint density at radius 3 is 1.79 bits per heavy atom. The van der Waals surface area contributed by atoms with Crippen LogP contribution in [0.2, 0.25) is 0 Å². The molecule has 1 aliphatic heterocycles. The second kappa shape index (κ2) is 4.19. The van der Waals surface area contributed by atoms with Crippen LogP contribution in [0.15, 0.2) is 0 Å². The molecule has 1 fully saturated rings. The smallest absolute Gasteiger partial charge is 0.232 e. The van der Waals surface area contributed by atoms with Gasteiger partial charge in [0.2, 0.25) is 17.8 Å². The summed E-state index contributed by atoms with van der Waals surface area (Å²) in [6.07, 6.45) is 1.73. The average Bonchev–Trinajstić information content (AvgIpc) is 2.09. The van der Waals surface area contributed by atoms with E-state index in [2.05, 4.69) is 47.5 Å². The molecule has 0 atom stereocenters. The highest BCUT2D eigenvalue weighted by Crippen LogP contribution is 2.40. The highest BCUT2D eigenvalue weighted by atomic mass is 15.4. The Morgan fingerprint density at radius 2 is 1.37 bits per heavy atom. The number of nitrogen functional groups attached to an aromatic ring is 2. The number of hydrogen-bond donors (Lipinski definition) is 3. The van der Waals surface area contributed by atoms with Crippen LogP contribution in [0.25, 0.3) is 0 Å². The van der Waals surface area contributed by atoms with E-state index in [-0.39, 0.29) is 29.0 Å². The first kappa shape index (κ1) is 13.8. The summed E-state index contributed by atoms with van der Waals surface area (Å²) in [6, 6.07) is 0.165. The molecule has 0 saturated carbocycles. The third-order valence-electron chi connectivity index (χ3n) is 3.59. The van der Waals surface area contributed by atoms with Crippen LogP contribution in [0.1, 0.15) is 40.5 Å². The molecular weight excluding hydrogens is 242 g/mol. The number of nitrogens with zero attached hydrogens (tertiary/aromatic N) is 4. The largest absolute Gasteiger partial charge is 0.368 e. The van der Waals surface area contributed by atoms with Crippen molar-refractivity contribution in [3.05, 3.63) is 0 Å². The third-order valence-corrected chi connectivity index (χ3v) is 3.59. The van der Waals surface area contributed by atoms with Crippen LogP contribution in [0, 0.1) is 0 Å². The Labute approximate surface area is 113 Å². The normalized spacial score (nSPS) is 22.5. The lowest BCUT2D eigenvalue weighted by molar-refractivity contribution is 0.216. The predicted molar refractivity (Wildman–Crippen MR) is 76.5 cm³/mol. The molecular formula is C12H23N7. The maximum Gasteiger partial charge on any atom is 0.232 e. The van der Waals surface area contributed by atoms with Gasteiger partial charge in [0.25, 0.3) is 0 Å². The van der Waals surface area contributed by atoms with Gasteiger partial charge in [-0.3, -0.25) is 0 Å². The van der Waals surface area contributed by atoms with E-state index in [4.69, 9.17) is 17.2 Å². The molecule has 7 heteroatoms. The standard InChI is InChI=1S/C12H23N7/c1-11(2)5-7(13)6-12(3,4)19(11)10-17-8(14)16-9(15)18-10/h7H,5-6,13H2,1-4H3,(H4,14,15,16,17,18). The summed E-state index contributed by atoms with van der Waals surface area (Å²) < 4.78 is 0. The lowest BCUT2D eigenvalue weighted by Crippen LogP contribution is -2.64. The minimum Gasteiger partial charge on any atom is -0.368 e. The Morgan fingerprint density at radius 1 is 0.947 bits per heavy atom. The number of nitrogens with two attached hydrogens (primary N) is 3. The first-order chi connectivity index (χ1) is 8.62. The molecule has 1 saturated heterocycles. The molecule has 1 aromatic heterocycles. The molecule has 0 bridgehead atoms. The van der Waals surface area contributed by atoms with E-state index in [1.54, 1.807) is 0 Å². The van der Waals surface area contributed by atoms with Gasteiger partial charge in [0.1, 0.15) is 0 Å². The van der Waals surface area contributed by atoms with Crippen molar-refractivity contribution < 1.29 is 0 Å². The van der Waals surface area contributed by atoms with Gasteiger partial charge in [-0.05, 0) is 40.5 Å². The van der Waals surface area contributed by atoms with E-state index in [1.807, 2.05) is 0 Å². The molecule has 106 valence electrons. The zero-order valence-electron chi connectivity index (χ0n) is 12.0. The number of anilines is 3. The molecule has 0 aliphatic carbocycles. The van der Waals surface area contributed by atoms with Gasteiger partial charge >= 0.3 is 0 Å². The summed E-state index contributed by atoms with van der Waals surface area (Å²) in [5.74, 6) is 0.805. The SMILES string of the molecule is CC1(C)CC(N)CC(C)(C)N1c1nc(N)nc(N)n1. The third kappa shape index (κ3) is 2.56. The molecule has 1 aromatic rings. The van der Waals surface area contributed by atoms with Crippen LogP contribution < -0.4 is 22.1 Å². The molecule has 0 radical (unpaired) electrons. The quantitative estimate of drug-likeness (QED) is 0.677. The maximum atomic E-state index is 6.16. The van der Waals surface area contributed by atoms with E-state index < -0.39 is 0 Å². The first-order valence-corrected chi connectivity index (χ1v) is 6.45. The molecule has 2 rings (SSSR count). The van der Waals surface area contributed by atoms with E-state index in [9.17, 15) is 0 Å². The van der Waals surface area contributed by atoms with Crippen LogP contribution in [-0.2, 0) is 0 Å². The van der Waals surface area contributed by atoms with Crippen molar-refractivity contribution in [3.8, 4) is 0 Å². The summed E-state index contributed by atoms with van der Waals surface area (Å²) in [7, 11) is 0. The Balaban J connectivity index is 2.50. The van der Waals surface area contributed by atoms with Crippen molar-refractivity contribution in [2.24, 2.45) is 5.73 Å². The summed E-state index contributed by atoms with van der Waals surface area (Å²) in [5.41, 5.74) is 17.2. The average molecular weight is 265 g/mol. The second-order valence-electron chi connectivity index (χ2n) is 6.48. The van der Waals surface area contributed by atoms with Crippen molar-refractivity contribution in [2.75, 3.05) is 16.4 Å². The molecule has 0 unspecified atom stereocenters. The predicted octanol–water partition coefficient (Wildman–Crippen LogP) is 0.521. The fourth-order valence-corrected chi connectivity index (χ4v) is 3.40. The summed E-state index contributed by atoms with van der Waals surface area (Å²) in [6.45, 7) is 8.52. The Bertz CT molecular complexity index is 445. The molecule has 0 aromatic carbocycles. The Hall–Kier alpha value is -1.63. The van der Waals surface area contributed by atoms with Crippen LogP contribution in [0.4, 0.5) is 17.8 Å². The van der Waals surface area contributed by atoms with E-state index >= 15 is 0 Å². The van der Waals surface area contributed by atoms with Gasteiger partial charge in [-0.1, -0.05) is 0 Å². The fourth-order valence-electron chi connectivity index (χ4n) is 3.40. The van der Waals surface area contributed by atoms with Crippen molar-refractivity contribution in [1.29, 1.82) is 0 Å². The van der Waals surface area contributed by atoms with Gasteiger partial charge in [-0.25, -0.2) is 0 Å². The zero-order chi connectivity index (χ0) is 14.4. The molecule has 0 amide bonds. The van der Waals surface area contributed by atoms with Gasteiger partial charge in [-0.2, -0.15) is 15.0 Å². The molecule has 19 heavy (non-hydrogen) atoms. The van der Waals surface area contributed by atoms with Gasteiger partial charge in [0.05, 0.1) is 0 Å². The van der Waals surface area contributed by atoms with Gasteiger partial charge in [0.15, 0.2) is 0 Å². The Kier molecular flexibility index (Phi) is 3.04. The number of piperidine rings is 1. The van der Waals surface area contributed by atoms with E-state index in [1.165, 1.54) is 0 Å². The van der Waals surface area contributed by atoms with Crippen molar-refractivity contribution in [1.82, 2.24) is 15.0 Å².